The number of carbonyl (C=O) groups excluding carboxylic acids is 1. The second-order valence-corrected chi connectivity index (χ2v) is 3.63. The fourth-order valence-corrected chi connectivity index (χ4v) is 1.68. The number of furan rings is 1. The number of thiazole rings is 1. The first-order valence-corrected chi connectivity index (χ1v) is 5.08. The van der Waals surface area contributed by atoms with E-state index in [0.29, 0.717) is 0 Å². The highest BCUT2D eigenvalue weighted by Gasteiger charge is 2.13. The summed E-state index contributed by atoms with van der Waals surface area (Å²) in [6.45, 7) is 0. The Bertz CT molecular complexity index is 517. The maximum Gasteiger partial charge on any atom is 0.355 e. The normalized spacial score (nSPS) is 10.0. The molecule has 0 spiro atoms. The van der Waals surface area contributed by atoms with Crippen LogP contribution in [0.25, 0.3) is 0 Å². The zero-order chi connectivity index (χ0) is 11.5. The summed E-state index contributed by atoms with van der Waals surface area (Å²) in [4.78, 5) is 25.7. The lowest BCUT2D eigenvalue weighted by Gasteiger charge is -1.96. The van der Waals surface area contributed by atoms with Crippen molar-refractivity contribution in [2.75, 3.05) is 5.32 Å². The number of amides is 1. The summed E-state index contributed by atoms with van der Waals surface area (Å²) >= 11 is 1.04. The molecule has 7 heteroatoms. The fourth-order valence-electron chi connectivity index (χ4n) is 0.996. The van der Waals surface area contributed by atoms with Gasteiger partial charge >= 0.3 is 5.97 Å². The highest BCUT2D eigenvalue weighted by molar-refractivity contribution is 7.14. The minimum atomic E-state index is -1.13. The van der Waals surface area contributed by atoms with E-state index in [1.165, 1.54) is 17.7 Å². The molecule has 0 saturated carbocycles. The van der Waals surface area contributed by atoms with E-state index in [1.807, 2.05) is 0 Å². The van der Waals surface area contributed by atoms with Crippen molar-refractivity contribution in [2.45, 2.75) is 0 Å². The number of nitrogens with one attached hydrogen (secondary N) is 1. The van der Waals surface area contributed by atoms with E-state index in [-0.39, 0.29) is 16.6 Å². The molecule has 0 unspecified atom stereocenters. The van der Waals surface area contributed by atoms with Crippen molar-refractivity contribution >= 4 is 28.3 Å². The van der Waals surface area contributed by atoms with Gasteiger partial charge in [-0.05, 0) is 12.1 Å². The number of aromatic carboxylic acids is 1. The zero-order valence-corrected chi connectivity index (χ0v) is 8.65. The predicted molar refractivity (Wildman–Crippen MR) is 55.7 cm³/mol. The Labute approximate surface area is 93.5 Å². The van der Waals surface area contributed by atoms with E-state index >= 15 is 0 Å². The van der Waals surface area contributed by atoms with Gasteiger partial charge in [0.25, 0.3) is 5.91 Å². The average molecular weight is 238 g/mol. The van der Waals surface area contributed by atoms with Crippen molar-refractivity contribution in [3.05, 3.63) is 35.2 Å². The van der Waals surface area contributed by atoms with Gasteiger partial charge in [-0.1, -0.05) is 0 Å². The molecule has 2 aromatic heterocycles. The Morgan fingerprint density at radius 3 is 2.88 bits per heavy atom. The summed E-state index contributed by atoms with van der Waals surface area (Å²) in [5, 5.41) is 12.6. The number of hydrogen-bond acceptors (Lipinski definition) is 5. The Balaban J connectivity index is 2.09. The molecule has 2 rings (SSSR count). The molecule has 0 aromatic carbocycles. The van der Waals surface area contributed by atoms with Crippen molar-refractivity contribution in [3.8, 4) is 0 Å². The van der Waals surface area contributed by atoms with Crippen LogP contribution in [0, 0.1) is 0 Å². The first kappa shape index (κ1) is 10.4. The third kappa shape index (κ3) is 2.09. The van der Waals surface area contributed by atoms with E-state index in [4.69, 9.17) is 9.52 Å². The highest BCUT2D eigenvalue weighted by Crippen LogP contribution is 2.16. The molecule has 2 N–H and O–H groups in total. The second kappa shape index (κ2) is 4.15. The van der Waals surface area contributed by atoms with Gasteiger partial charge in [0.1, 0.15) is 0 Å². The van der Waals surface area contributed by atoms with Crippen LogP contribution in [-0.4, -0.2) is 22.0 Å². The molecule has 0 atom stereocenters. The molecule has 0 radical (unpaired) electrons. The van der Waals surface area contributed by atoms with E-state index in [9.17, 15) is 9.59 Å². The maximum absolute atomic E-state index is 11.5. The largest absolute Gasteiger partial charge is 0.476 e. The van der Waals surface area contributed by atoms with Crippen molar-refractivity contribution < 1.29 is 19.1 Å². The maximum atomic E-state index is 11.5. The third-order valence-corrected chi connectivity index (χ3v) is 2.45. The number of carboxylic acid groups (broad SMARTS) is 1. The Kier molecular flexibility index (Phi) is 2.69. The molecule has 0 bridgehead atoms. The minimum Gasteiger partial charge on any atom is -0.476 e. The van der Waals surface area contributed by atoms with Crippen LogP contribution in [0.3, 0.4) is 0 Å². The van der Waals surface area contributed by atoms with Gasteiger partial charge in [0.2, 0.25) is 0 Å². The van der Waals surface area contributed by atoms with E-state index in [0.717, 1.165) is 11.3 Å². The lowest BCUT2D eigenvalue weighted by atomic mass is 10.4. The Hall–Kier alpha value is -2.15. The number of anilines is 1. The quantitative estimate of drug-likeness (QED) is 0.848. The lowest BCUT2D eigenvalue weighted by Crippen LogP contribution is -2.10. The van der Waals surface area contributed by atoms with Crippen molar-refractivity contribution in [1.82, 2.24) is 4.98 Å². The van der Waals surface area contributed by atoms with Crippen LogP contribution in [-0.2, 0) is 0 Å². The monoisotopic (exact) mass is 238 g/mol. The molecule has 0 aliphatic heterocycles. The number of carbonyl (C=O) groups is 2. The Morgan fingerprint density at radius 2 is 2.31 bits per heavy atom. The van der Waals surface area contributed by atoms with Crippen molar-refractivity contribution in [2.24, 2.45) is 0 Å². The van der Waals surface area contributed by atoms with Crippen LogP contribution >= 0.6 is 11.3 Å². The van der Waals surface area contributed by atoms with Gasteiger partial charge in [0, 0.05) is 5.38 Å². The fraction of sp³-hybridized carbons (Fsp3) is 0. The van der Waals surface area contributed by atoms with Crippen LogP contribution in [0.2, 0.25) is 0 Å². The molecule has 2 heterocycles. The summed E-state index contributed by atoms with van der Waals surface area (Å²) in [6.07, 6.45) is 1.37. The predicted octanol–water partition coefficient (Wildman–Crippen LogP) is 1.69. The van der Waals surface area contributed by atoms with Gasteiger partial charge < -0.3 is 9.52 Å². The summed E-state index contributed by atoms with van der Waals surface area (Å²) in [5.74, 6) is -1.45. The van der Waals surface area contributed by atoms with Gasteiger partial charge in [-0.15, -0.1) is 11.3 Å². The van der Waals surface area contributed by atoms with Gasteiger partial charge in [-0.2, -0.15) is 0 Å². The molecular formula is C9H6N2O4S. The van der Waals surface area contributed by atoms with Gasteiger partial charge in [-0.25, -0.2) is 9.78 Å². The molecule has 6 nitrogen and oxygen atoms in total. The first-order valence-electron chi connectivity index (χ1n) is 4.20. The van der Waals surface area contributed by atoms with Crippen LogP contribution in [0.4, 0.5) is 5.13 Å². The van der Waals surface area contributed by atoms with Crippen molar-refractivity contribution in [3.63, 3.8) is 0 Å². The molecule has 0 aliphatic rings. The summed E-state index contributed by atoms with van der Waals surface area (Å²) < 4.78 is 4.87. The second-order valence-electron chi connectivity index (χ2n) is 2.77. The standard InChI is InChI=1S/C9H6N2O4S/c12-7(6-2-1-3-15-6)11-9-10-5(4-16-9)8(13)14/h1-4H,(H,13,14)(H,10,11,12). The number of carboxylic acids is 1. The molecule has 0 fully saturated rings. The zero-order valence-electron chi connectivity index (χ0n) is 7.84. The molecule has 0 saturated heterocycles. The van der Waals surface area contributed by atoms with Gasteiger partial charge in [0.05, 0.1) is 6.26 Å². The SMILES string of the molecule is O=C(O)c1csc(NC(=O)c2ccco2)n1. The van der Waals surface area contributed by atoms with Crippen molar-refractivity contribution in [1.29, 1.82) is 0 Å². The van der Waals surface area contributed by atoms with Crippen LogP contribution in [0.1, 0.15) is 21.0 Å². The lowest BCUT2D eigenvalue weighted by molar-refractivity contribution is 0.0691. The van der Waals surface area contributed by atoms with E-state index in [2.05, 4.69) is 10.3 Å². The number of aromatic nitrogens is 1. The average Bonchev–Trinajstić information content (AvgIpc) is 2.87. The molecule has 16 heavy (non-hydrogen) atoms. The number of nitrogens with zero attached hydrogens (tertiary/aromatic N) is 1. The summed E-state index contributed by atoms with van der Waals surface area (Å²) in [5.41, 5.74) is -0.0975. The molecule has 1 amide bonds. The number of rotatable bonds is 3. The minimum absolute atomic E-state index is 0.0975. The highest BCUT2D eigenvalue weighted by atomic mass is 32.1. The van der Waals surface area contributed by atoms with Crippen LogP contribution in [0.5, 0.6) is 0 Å². The van der Waals surface area contributed by atoms with Crippen LogP contribution < -0.4 is 5.32 Å². The Morgan fingerprint density at radius 1 is 1.50 bits per heavy atom. The molecule has 82 valence electrons. The van der Waals surface area contributed by atoms with Gasteiger partial charge in [-0.3, -0.25) is 10.1 Å². The first-order chi connectivity index (χ1) is 7.66. The topological polar surface area (TPSA) is 92.4 Å². The summed E-state index contributed by atoms with van der Waals surface area (Å²) in [7, 11) is 0. The molecular weight excluding hydrogens is 232 g/mol. The smallest absolute Gasteiger partial charge is 0.355 e. The summed E-state index contributed by atoms with van der Waals surface area (Å²) in [6, 6.07) is 3.08. The van der Waals surface area contributed by atoms with Gasteiger partial charge in [0.15, 0.2) is 16.6 Å². The molecule has 2 aromatic rings. The third-order valence-electron chi connectivity index (χ3n) is 1.69. The van der Waals surface area contributed by atoms with E-state index in [1.54, 1.807) is 6.07 Å². The van der Waals surface area contributed by atoms with E-state index < -0.39 is 11.9 Å². The number of hydrogen-bond donors (Lipinski definition) is 2. The van der Waals surface area contributed by atoms with Crippen LogP contribution in [0.15, 0.2) is 28.2 Å². The molecule has 0 aliphatic carbocycles.